The van der Waals surface area contributed by atoms with Gasteiger partial charge >= 0.3 is 0 Å². The van der Waals surface area contributed by atoms with Crippen LogP contribution in [0, 0.1) is 0 Å². The summed E-state index contributed by atoms with van der Waals surface area (Å²) < 4.78 is 5.68. The zero-order valence-electron chi connectivity index (χ0n) is 10.5. The Morgan fingerprint density at radius 3 is 2.58 bits per heavy atom. The topological polar surface area (TPSA) is 52.3 Å². The lowest BCUT2D eigenvalue weighted by Gasteiger charge is -2.10. The van der Waals surface area contributed by atoms with Gasteiger partial charge in [-0.05, 0) is 23.3 Å². The molecule has 96 valence electrons. The summed E-state index contributed by atoms with van der Waals surface area (Å²) in [6.45, 7) is 4.08. The highest BCUT2D eigenvalue weighted by molar-refractivity contribution is 5.95. The van der Waals surface area contributed by atoms with Crippen LogP contribution >= 0.6 is 0 Å². The monoisotopic (exact) mass is 253 g/mol. The molecule has 0 heterocycles. The average molecular weight is 253 g/mol. The fourth-order valence-electron chi connectivity index (χ4n) is 1.72. The first-order chi connectivity index (χ1) is 9.20. The van der Waals surface area contributed by atoms with Gasteiger partial charge in [-0.3, -0.25) is 4.79 Å². The smallest absolute Gasteiger partial charge is 0.252 e. The molecule has 3 heteroatoms. The van der Waals surface area contributed by atoms with Crippen LogP contribution in [0.2, 0.25) is 0 Å². The first-order valence-electron chi connectivity index (χ1n) is 5.93. The van der Waals surface area contributed by atoms with Crippen molar-refractivity contribution in [3.05, 3.63) is 71.8 Å². The highest BCUT2D eigenvalue weighted by atomic mass is 16.5. The van der Waals surface area contributed by atoms with Crippen molar-refractivity contribution in [1.82, 2.24) is 0 Å². The zero-order valence-corrected chi connectivity index (χ0v) is 10.5. The van der Waals surface area contributed by atoms with E-state index in [-0.39, 0.29) is 0 Å². The van der Waals surface area contributed by atoms with E-state index in [0.29, 0.717) is 17.9 Å². The fourth-order valence-corrected chi connectivity index (χ4v) is 1.72. The third kappa shape index (κ3) is 3.22. The van der Waals surface area contributed by atoms with E-state index in [2.05, 4.69) is 6.58 Å². The van der Waals surface area contributed by atoms with E-state index in [1.165, 1.54) is 0 Å². The van der Waals surface area contributed by atoms with Crippen molar-refractivity contribution in [2.75, 3.05) is 0 Å². The molecule has 0 aliphatic carbocycles. The minimum atomic E-state index is -0.501. The van der Waals surface area contributed by atoms with Crippen molar-refractivity contribution < 1.29 is 9.53 Å². The average Bonchev–Trinajstić information content (AvgIpc) is 2.45. The minimum Gasteiger partial charge on any atom is -0.488 e. The van der Waals surface area contributed by atoms with Crippen molar-refractivity contribution in [1.29, 1.82) is 0 Å². The van der Waals surface area contributed by atoms with Crippen LogP contribution in [-0.4, -0.2) is 5.91 Å². The highest BCUT2D eigenvalue weighted by Crippen LogP contribution is 2.22. The van der Waals surface area contributed by atoms with Crippen molar-refractivity contribution >= 4 is 12.0 Å². The molecule has 2 aromatic rings. The van der Waals surface area contributed by atoms with Crippen molar-refractivity contribution in [3.63, 3.8) is 0 Å². The Labute approximate surface area is 112 Å². The van der Waals surface area contributed by atoms with Crippen LogP contribution in [0.3, 0.4) is 0 Å². The van der Waals surface area contributed by atoms with E-state index in [4.69, 9.17) is 10.5 Å². The summed E-state index contributed by atoms with van der Waals surface area (Å²) in [7, 11) is 0. The van der Waals surface area contributed by atoms with Gasteiger partial charge in [-0.2, -0.15) is 0 Å². The third-order valence-electron chi connectivity index (χ3n) is 2.74. The lowest BCUT2D eigenvalue weighted by Crippen LogP contribution is -2.13. The van der Waals surface area contributed by atoms with Crippen molar-refractivity contribution in [2.45, 2.75) is 6.61 Å². The predicted molar refractivity (Wildman–Crippen MR) is 75.8 cm³/mol. The molecule has 0 aliphatic heterocycles. The quantitative estimate of drug-likeness (QED) is 0.890. The van der Waals surface area contributed by atoms with Gasteiger partial charge in [0.2, 0.25) is 0 Å². The third-order valence-corrected chi connectivity index (χ3v) is 2.74. The first kappa shape index (κ1) is 12.9. The summed E-state index contributed by atoms with van der Waals surface area (Å²) in [5.74, 6) is -0.0209. The molecule has 0 radical (unpaired) electrons. The van der Waals surface area contributed by atoms with Crippen LogP contribution in [0.4, 0.5) is 0 Å². The Balaban J connectivity index is 2.22. The maximum atomic E-state index is 11.3. The summed E-state index contributed by atoms with van der Waals surface area (Å²) in [4.78, 5) is 11.3. The lowest BCUT2D eigenvalue weighted by molar-refractivity contribution is 0.0996. The second-order valence-electron chi connectivity index (χ2n) is 4.10. The molecule has 0 atom stereocenters. The molecular formula is C16H15NO2. The molecule has 0 aromatic heterocycles. The minimum absolute atomic E-state index is 0.376. The maximum absolute atomic E-state index is 11.3. The number of hydrogen-bond donors (Lipinski definition) is 1. The van der Waals surface area contributed by atoms with Gasteiger partial charge in [-0.15, -0.1) is 0 Å². The molecule has 0 saturated heterocycles. The molecule has 0 aliphatic rings. The zero-order chi connectivity index (χ0) is 13.7. The number of rotatable bonds is 5. The Bertz CT molecular complexity index is 591. The van der Waals surface area contributed by atoms with Crippen LogP contribution in [0.5, 0.6) is 5.75 Å². The van der Waals surface area contributed by atoms with E-state index >= 15 is 0 Å². The maximum Gasteiger partial charge on any atom is 0.252 e. The van der Waals surface area contributed by atoms with Crippen molar-refractivity contribution in [2.24, 2.45) is 5.73 Å². The second-order valence-corrected chi connectivity index (χ2v) is 4.10. The molecule has 2 rings (SSSR count). The summed E-state index contributed by atoms with van der Waals surface area (Å²) in [5, 5.41) is 0. The van der Waals surface area contributed by atoms with E-state index in [1.807, 2.05) is 30.3 Å². The fraction of sp³-hybridized carbons (Fsp3) is 0.0625. The van der Waals surface area contributed by atoms with E-state index in [9.17, 15) is 4.79 Å². The Hall–Kier alpha value is -2.55. The summed E-state index contributed by atoms with van der Waals surface area (Å²) >= 11 is 0. The van der Waals surface area contributed by atoms with Gasteiger partial charge in [0.25, 0.3) is 5.91 Å². The van der Waals surface area contributed by atoms with E-state index < -0.39 is 5.91 Å². The second kappa shape index (κ2) is 5.87. The molecule has 0 bridgehead atoms. The molecule has 0 fully saturated rings. The van der Waals surface area contributed by atoms with Crippen LogP contribution in [0.25, 0.3) is 6.08 Å². The molecule has 2 N–H and O–H groups in total. The SMILES string of the molecule is C=Cc1ccc(C(N)=O)c(OCc2ccccc2)c1. The molecule has 0 spiro atoms. The van der Waals surface area contributed by atoms with Gasteiger partial charge in [0, 0.05) is 0 Å². The van der Waals surface area contributed by atoms with Gasteiger partial charge in [0.05, 0.1) is 5.56 Å². The molecule has 1 amide bonds. The molecule has 3 nitrogen and oxygen atoms in total. The normalized spacial score (nSPS) is 9.89. The number of ether oxygens (including phenoxy) is 1. The summed E-state index contributed by atoms with van der Waals surface area (Å²) in [6.07, 6.45) is 1.69. The lowest BCUT2D eigenvalue weighted by atomic mass is 10.1. The van der Waals surface area contributed by atoms with Crippen LogP contribution in [0.1, 0.15) is 21.5 Å². The Morgan fingerprint density at radius 1 is 1.21 bits per heavy atom. The number of benzene rings is 2. The standard InChI is InChI=1S/C16H15NO2/c1-2-12-8-9-14(16(17)18)15(10-12)19-11-13-6-4-3-5-7-13/h2-10H,1,11H2,(H2,17,18). The van der Waals surface area contributed by atoms with Crippen molar-refractivity contribution in [3.8, 4) is 5.75 Å². The van der Waals surface area contributed by atoms with Gasteiger partial charge in [0.1, 0.15) is 12.4 Å². The van der Waals surface area contributed by atoms with E-state index in [1.54, 1.807) is 24.3 Å². The number of carbonyl (C=O) groups excluding carboxylic acids is 1. The van der Waals surface area contributed by atoms with Crippen LogP contribution in [0.15, 0.2) is 55.1 Å². The van der Waals surface area contributed by atoms with Gasteiger partial charge in [-0.1, -0.05) is 49.1 Å². The first-order valence-corrected chi connectivity index (χ1v) is 5.93. The molecule has 2 aromatic carbocycles. The number of amides is 1. The highest BCUT2D eigenvalue weighted by Gasteiger charge is 2.09. The molecule has 0 unspecified atom stereocenters. The number of carbonyl (C=O) groups is 1. The Morgan fingerprint density at radius 2 is 1.95 bits per heavy atom. The van der Waals surface area contributed by atoms with Gasteiger partial charge in [0.15, 0.2) is 0 Å². The number of nitrogens with two attached hydrogens (primary N) is 1. The van der Waals surface area contributed by atoms with Gasteiger partial charge in [-0.25, -0.2) is 0 Å². The predicted octanol–water partition coefficient (Wildman–Crippen LogP) is 3.01. The van der Waals surface area contributed by atoms with Gasteiger partial charge < -0.3 is 10.5 Å². The largest absolute Gasteiger partial charge is 0.488 e. The molecule has 0 saturated carbocycles. The number of primary amides is 1. The van der Waals surface area contributed by atoms with E-state index in [0.717, 1.165) is 11.1 Å². The Kier molecular flexibility index (Phi) is 3.98. The number of hydrogen-bond acceptors (Lipinski definition) is 2. The van der Waals surface area contributed by atoms with Crippen LogP contribution in [-0.2, 0) is 6.61 Å². The summed E-state index contributed by atoms with van der Waals surface area (Å²) in [6, 6.07) is 14.9. The molecule has 19 heavy (non-hydrogen) atoms. The van der Waals surface area contributed by atoms with Crippen LogP contribution < -0.4 is 10.5 Å². The summed E-state index contributed by atoms with van der Waals surface area (Å²) in [5.41, 5.74) is 7.62. The molecular weight excluding hydrogens is 238 g/mol.